The molecule has 3 aromatic rings. The molecule has 31 heavy (non-hydrogen) atoms. The van der Waals surface area contributed by atoms with Crippen LogP contribution in [0.4, 0.5) is 11.4 Å². The van der Waals surface area contributed by atoms with Crippen LogP contribution in [-0.2, 0) is 11.8 Å². The van der Waals surface area contributed by atoms with E-state index in [4.69, 9.17) is 5.26 Å². The molecular weight excluding hydrogens is 386 g/mol. The summed E-state index contributed by atoms with van der Waals surface area (Å²) in [6.07, 6.45) is 7.75. The molecular formula is C25H27N5O. The Morgan fingerprint density at radius 1 is 1.06 bits per heavy atom. The highest BCUT2D eigenvalue weighted by Gasteiger charge is 2.28. The van der Waals surface area contributed by atoms with Gasteiger partial charge in [-0.15, -0.1) is 0 Å². The molecule has 1 fully saturated rings. The zero-order chi connectivity index (χ0) is 21.8. The third kappa shape index (κ3) is 4.77. The van der Waals surface area contributed by atoms with Crippen LogP contribution in [0.2, 0.25) is 0 Å². The molecule has 2 aromatic carbocycles. The number of nitrogens with one attached hydrogen (secondary N) is 1. The highest BCUT2D eigenvalue weighted by Crippen LogP contribution is 2.31. The summed E-state index contributed by atoms with van der Waals surface area (Å²) < 4.78 is 1.79. The topological polar surface area (TPSA) is 74.0 Å². The summed E-state index contributed by atoms with van der Waals surface area (Å²) in [5.41, 5.74) is 4.81. The minimum Gasteiger partial charge on any atom is -0.382 e. The molecule has 1 aliphatic rings. The van der Waals surface area contributed by atoms with Gasteiger partial charge >= 0.3 is 0 Å². The first-order chi connectivity index (χ1) is 15.0. The van der Waals surface area contributed by atoms with Crippen molar-refractivity contribution in [2.45, 2.75) is 44.7 Å². The smallest absolute Gasteiger partial charge is 0.224 e. The molecule has 0 unspecified atom stereocenters. The molecule has 158 valence electrons. The van der Waals surface area contributed by atoms with Gasteiger partial charge in [0.25, 0.3) is 0 Å². The molecule has 0 saturated heterocycles. The highest BCUT2D eigenvalue weighted by molar-refractivity contribution is 5.92. The number of aryl methyl sites for hydroxylation is 1. The van der Waals surface area contributed by atoms with Gasteiger partial charge in [-0.1, -0.05) is 12.1 Å². The quantitative estimate of drug-likeness (QED) is 0.656. The van der Waals surface area contributed by atoms with E-state index in [0.29, 0.717) is 11.6 Å². The number of rotatable bonds is 5. The monoisotopic (exact) mass is 413 g/mol. The Labute approximate surface area is 183 Å². The van der Waals surface area contributed by atoms with E-state index < -0.39 is 0 Å². The van der Waals surface area contributed by atoms with Crippen LogP contribution >= 0.6 is 0 Å². The lowest BCUT2D eigenvalue weighted by molar-refractivity contribution is -0.117. The lowest BCUT2D eigenvalue weighted by atomic mass is 9.89. The summed E-state index contributed by atoms with van der Waals surface area (Å²) in [5, 5.41) is 16.7. The van der Waals surface area contributed by atoms with Gasteiger partial charge in [-0.05, 0) is 67.6 Å². The second-order valence-electron chi connectivity index (χ2n) is 8.18. The molecule has 0 bridgehead atoms. The first kappa shape index (κ1) is 20.7. The Hall–Kier alpha value is -3.59. The van der Waals surface area contributed by atoms with Gasteiger partial charge in [0, 0.05) is 49.2 Å². The predicted octanol–water partition coefficient (Wildman–Crippen LogP) is 4.73. The van der Waals surface area contributed by atoms with Crippen molar-refractivity contribution in [2.75, 3.05) is 10.2 Å². The summed E-state index contributed by atoms with van der Waals surface area (Å²) in [6, 6.07) is 18.5. The first-order valence-electron chi connectivity index (χ1n) is 10.7. The van der Waals surface area contributed by atoms with Gasteiger partial charge in [-0.25, -0.2) is 0 Å². The van der Waals surface area contributed by atoms with Crippen LogP contribution in [0.15, 0.2) is 60.9 Å². The number of carbonyl (C=O) groups excluding carboxylic acids is 1. The lowest BCUT2D eigenvalue weighted by Crippen LogP contribution is -2.43. The van der Waals surface area contributed by atoms with E-state index in [-0.39, 0.29) is 11.9 Å². The summed E-state index contributed by atoms with van der Waals surface area (Å²) in [4.78, 5) is 14.5. The molecule has 0 aliphatic heterocycles. The maximum atomic E-state index is 12.5. The van der Waals surface area contributed by atoms with Gasteiger partial charge in [0.15, 0.2) is 0 Å². The molecule has 1 aliphatic carbocycles. The first-order valence-corrected chi connectivity index (χ1v) is 10.7. The fraction of sp³-hybridized carbons (Fsp3) is 0.320. The van der Waals surface area contributed by atoms with Crippen LogP contribution in [0.3, 0.4) is 0 Å². The molecule has 0 spiro atoms. The van der Waals surface area contributed by atoms with Gasteiger partial charge in [-0.3, -0.25) is 9.48 Å². The van der Waals surface area contributed by atoms with Gasteiger partial charge < -0.3 is 10.2 Å². The number of hydrogen-bond donors (Lipinski definition) is 1. The normalized spacial score (nSPS) is 18.2. The SMILES string of the molecule is CC(=O)N(c1ccc(-c2cnn(C)c2)cc1)C1CCC(Nc2ccc(C#N)cc2)CC1. The van der Waals surface area contributed by atoms with E-state index in [2.05, 4.69) is 28.6 Å². The zero-order valence-corrected chi connectivity index (χ0v) is 18.0. The Morgan fingerprint density at radius 3 is 2.29 bits per heavy atom. The maximum Gasteiger partial charge on any atom is 0.224 e. The van der Waals surface area contributed by atoms with Crippen LogP contribution in [0.5, 0.6) is 0 Å². The number of aromatic nitrogens is 2. The number of benzene rings is 2. The Bertz CT molecular complexity index is 1070. The minimum absolute atomic E-state index is 0.0811. The zero-order valence-electron chi connectivity index (χ0n) is 18.0. The van der Waals surface area contributed by atoms with Crippen molar-refractivity contribution in [3.8, 4) is 17.2 Å². The summed E-state index contributed by atoms with van der Waals surface area (Å²) >= 11 is 0. The fourth-order valence-corrected chi connectivity index (χ4v) is 4.39. The van der Waals surface area contributed by atoms with Gasteiger partial charge in [0.1, 0.15) is 0 Å². The molecule has 1 amide bonds. The second-order valence-corrected chi connectivity index (χ2v) is 8.18. The summed E-state index contributed by atoms with van der Waals surface area (Å²) in [5.74, 6) is 0.0811. The predicted molar refractivity (Wildman–Crippen MR) is 123 cm³/mol. The molecule has 0 atom stereocenters. The molecule has 4 rings (SSSR count). The van der Waals surface area contributed by atoms with Gasteiger partial charge in [0.2, 0.25) is 5.91 Å². The Morgan fingerprint density at radius 2 is 1.74 bits per heavy atom. The molecule has 6 heteroatoms. The Balaban J connectivity index is 1.40. The fourth-order valence-electron chi connectivity index (χ4n) is 4.39. The van der Waals surface area contributed by atoms with E-state index in [9.17, 15) is 4.79 Å². The third-order valence-corrected chi connectivity index (χ3v) is 5.97. The van der Waals surface area contributed by atoms with Crippen molar-refractivity contribution in [3.63, 3.8) is 0 Å². The summed E-state index contributed by atoms with van der Waals surface area (Å²) in [6.45, 7) is 1.65. The van der Waals surface area contributed by atoms with E-state index in [1.54, 1.807) is 11.6 Å². The number of carbonyl (C=O) groups is 1. The van der Waals surface area contributed by atoms with Crippen molar-refractivity contribution in [3.05, 3.63) is 66.5 Å². The second kappa shape index (κ2) is 9.05. The molecule has 1 N–H and O–H groups in total. The Kier molecular flexibility index (Phi) is 6.03. The van der Waals surface area contributed by atoms with Crippen LogP contribution in [0, 0.1) is 11.3 Å². The molecule has 1 saturated carbocycles. The standard InChI is InChI=1S/C25H27N5O/c1-18(31)30(24-11-5-20(6-12-24)21-16-27-29(2)17-21)25-13-9-23(10-14-25)28-22-7-3-19(15-26)4-8-22/h3-8,11-12,16-17,23,25,28H,9-10,13-14H2,1-2H3. The minimum atomic E-state index is 0.0811. The van der Waals surface area contributed by atoms with E-state index in [0.717, 1.165) is 48.2 Å². The van der Waals surface area contributed by atoms with Crippen LogP contribution in [0.25, 0.3) is 11.1 Å². The van der Waals surface area contributed by atoms with Crippen LogP contribution in [-0.4, -0.2) is 27.8 Å². The maximum absolute atomic E-state index is 12.5. The van der Waals surface area contributed by atoms with Crippen LogP contribution in [0.1, 0.15) is 38.2 Å². The number of anilines is 2. The molecule has 6 nitrogen and oxygen atoms in total. The van der Waals surface area contributed by atoms with Crippen molar-refractivity contribution in [1.29, 1.82) is 5.26 Å². The van der Waals surface area contributed by atoms with E-state index in [1.165, 1.54) is 0 Å². The number of amides is 1. The number of nitrogens with zero attached hydrogens (tertiary/aromatic N) is 4. The highest BCUT2D eigenvalue weighted by atomic mass is 16.2. The van der Waals surface area contributed by atoms with Crippen molar-refractivity contribution >= 4 is 17.3 Å². The molecule has 0 radical (unpaired) electrons. The van der Waals surface area contributed by atoms with Crippen molar-refractivity contribution < 1.29 is 4.79 Å². The molecule has 1 heterocycles. The van der Waals surface area contributed by atoms with E-state index >= 15 is 0 Å². The van der Waals surface area contributed by atoms with Crippen molar-refractivity contribution in [2.24, 2.45) is 7.05 Å². The van der Waals surface area contributed by atoms with Crippen molar-refractivity contribution in [1.82, 2.24) is 9.78 Å². The number of nitriles is 1. The molecule has 1 aromatic heterocycles. The van der Waals surface area contributed by atoms with Gasteiger partial charge in [-0.2, -0.15) is 10.4 Å². The average molecular weight is 414 g/mol. The third-order valence-electron chi connectivity index (χ3n) is 5.97. The number of hydrogen-bond acceptors (Lipinski definition) is 4. The van der Waals surface area contributed by atoms with Gasteiger partial charge in [0.05, 0.1) is 17.8 Å². The average Bonchev–Trinajstić information content (AvgIpc) is 3.22. The van der Waals surface area contributed by atoms with Crippen LogP contribution < -0.4 is 10.2 Å². The summed E-state index contributed by atoms with van der Waals surface area (Å²) in [7, 11) is 1.90. The lowest BCUT2D eigenvalue weighted by Gasteiger charge is -2.37. The largest absolute Gasteiger partial charge is 0.382 e. The van der Waals surface area contributed by atoms with E-state index in [1.807, 2.05) is 60.7 Å².